The van der Waals surface area contributed by atoms with Crippen molar-refractivity contribution in [3.8, 4) is 0 Å². The monoisotopic (exact) mass is 373 g/mol. The van der Waals surface area contributed by atoms with Crippen LogP contribution in [0.5, 0.6) is 0 Å². The largest absolute Gasteiger partial charge is 1.00 e. The molecule has 0 aliphatic rings. The van der Waals surface area contributed by atoms with E-state index >= 15 is 0 Å². The van der Waals surface area contributed by atoms with Crippen LogP contribution in [0.4, 0.5) is 0 Å². The topological polar surface area (TPSA) is 20.9 Å². The molecule has 22 heavy (non-hydrogen) atoms. The van der Waals surface area contributed by atoms with Gasteiger partial charge in [0.15, 0.2) is 12.4 Å². The van der Waals surface area contributed by atoms with Crippen molar-refractivity contribution in [2.45, 2.75) is 13.0 Å². The first-order chi connectivity index (χ1) is 10.3. The Hall–Kier alpha value is -1.78. The number of hydrogen-bond donors (Lipinski definition) is 0. The smallest absolute Gasteiger partial charge is 0.237 e. The molecule has 0 atom stereocenters. The van der Waals surface area contributed by atoms with E-state index in [1.54, 1.807) is 0 Å². The second kappa shape index (κ2) is 8.01. The highest BCUT2D eigenvalue weighted by atomic mass is 79.9. The Morgan fingerprint density at radius 3 is 2.23 bits per heavy atom. The number of aromatic nitrogens is 1. The van der Waals surface area contributed by atoms with Gasteiger partial charge in [0.1, 0.15) is 0 Å². The highest BCUT2D eigenvalue weighted by molar-refractivity contribution is 7.12. The quantitative estimate of drug-likeness (QED) is 0.471. The molecule has 0 bridgehead atoms. The zero-order valence-corrected chi connectivity index (χ0v) is 14.4. The summed E-state index contributed by atoms with van der Waals surface area (Å²) in [5.74, 6) is 0.158. The summed E-state index contributed by atoms with van der Waals surface area (Å²) in [5.41, 5.74) is 2.55. The first kappa shape index (κ1) is 16.6. The van der Waals surface area contributed by atoms with Crippen molar-refractivity contribution in [2.75, 3.05) is 0 Å². The molecule has 3 rings (SSSR count). The summed E-state index contributed by atoms with van der Waals surface area (Å²) in [6, 6.07) is 18.3. The lowest BCUT2D eigenvalue weighted by Crippen LogP contribution is -3.00. The lowest BCUT2D eigenvalue weighted by atomic mass is 10.1. The number of Topliss-reactive ketones (excluding diaryl/α,β-unsaturated/α-hetero) is 1. The molecule has 0 radical (unpaired) electrons. The molecule has 1 aromatic carbocycles. The van der Waals surface area contributed by atoms with Crippen molar-refractivity contribution in [1.82, 2.24) is 0 Å². The van der Waals surface area contributed by atoms with Crippen LogP contribution in [0.3, 0.4) is 0 Å². The molecule has 4 heteroatoms. The van der Waals surface area contributed by atoms with Crippen molar-refractivity contribution >= 4 is 17.1 Å². The van der Waals surface area contributed by atoms with Gasteiger partial charge in [0.05, 0.1) is 4.88 Å². The number of rotatable bonds is 5. The summed E-state index contributed by atoms with van der Waals surface area (Å²) in [7, 11) is 0. The van der Waals surface area contributed by atoms with Gasteiger partial charge in [0.25, 0.3) is 0 Å². The third-order valence-corrected chi connectivity index (χ3v) is 4.24. The fraction of sp³-hybridized carbons (Fsp3) is 0.111. The Balaban J connectivity index is 0.00000176. The Kier molecular flexibility index (Phi) is 6.04. The number of carbonyl (C=O) groups is 1. The number of hydrogen-bond acceptors (Lipinski definition) is 2. The van der Waals surface area contributed by atoms with E-state index in [0.29, 0.717) is 6.54 Å². The molecule has 2 nitrogen and oxygen atoms in total. The molecular weight excluding hydrogens is 358 g/mol. The van der Waals surface area contributed by atoms with Gasteiger partial charge >= 0.3 is 0 Å². The van der Waals surface area contributed by atoms with Crippen LogP contribution < -0.4 is 21.5 Å². The summed E-state index contributed by atoms with van der Waals surface area (Å²) in [5, 5.41) is 1.93. The van der Waals surface area contributed by atoms with Gasteiger partial charge in [-0.25, -0.2) is 0 Å². The summed E-state index contributed by atoms with van der Waals surface area (Å²) in [6.07, 6.45) is 4.87. The number of benzene rings is 1. The third kappa shape index (κ3) is 4.36. The second-order valence-corrected chi connectivity index (χ2v) is 5.89. The van der Waals surface area contributed by atoms with Crippen molar-refractivity contribution in [3.05, 3.63) is 88.4 Å². The van der Waals surface area contributed by atoms with E-state index in [4.69, 9.17) is 0 Å². The highest BCUT2D eigenvalue weighted by Crippen LogP contribution is 2.10. The molecule has 2 heterocycles. The van der Waals surface area contributed by atoms with E-state index in [1.807, 2.05) is 40.5 Å². The number of nitrogens with zero attached hydrogens (tertiary/aromatic N) is 1. The zero-order chi connectivity index (χ0) is 14.5. The molecule has 0 saturated heterocycles. The lowest BCUT2D eigenvalue weighted by molar-refractivity contribution is -0.683. The molecule has 0 unspecified atom stereocenters. The van der Waals surface area contributed by atoms with Crippen LogP contribution in [0.15, 0.2) is 72.4 Å². The molecule has 0 amide bonds. The SMILES string of the molecule is O=C(C[n+]1ccc(Cc2ccccc2)cc1)c1cccs1.[Br-]. The molecule has 0 aliphatic heterocycles. The van der Waals surface area contributed by atoms with Crippen molar-refractivity contribution in [3.63, 3.8) is 0 Å². The number of pyridine rings is 1. The van der Waals surface area contributed by atoms with E-state index in [1.165, 1.54) is 22.5 Å². The predicted octanol–water partition coefficient (Wildman–Crippen LogP) is 0.513. The van der Waals surface area contributed by atoms with E-state index in [9.17, 15) is 4.79 Å². The third-order valence-electron chi connectivity index (χ3n) is 3.33. The van der Waals surface area contributed by atoms with Crippen molar-refractivity contribution in [2.24, 2.45) is 0 Å². The van der Waals surface area contributed by atoms with Gasteiger partial charge < -0.3 is 17.0 Å². The van der Waals surface area contributed by atoms with E-state index < -0.39 is 0 Å². The molecule has 0 saturated carbocycles. The number of thiophene rings is 1. The van der Waals surface area contributed by atoms with Crippen LogP contribution in [0, 0.1) is 0 Å². The average molecular weight is 374 g/mol. The van der Waals surface area contributed by atoms with Crippen LogP contribution in [0.2, 0.25) is 0 Å². The fourth-order valence-electron chi connectivity index (χ4n) is 2.22. The van der Waals surface area contributed by atoms with Crippen molar-refractivity contribution < 1.29 is 26.3 Å². The van der Waals surface area contributed by atoms with Gasteiger partial charge in [-0.3, -0.25) is 4.79 Å². The van der Waals surface area contributed by atoms with Crippen molar-refractivity contribution in [1.29, 1.82) is 0 Å². The Morgan fingerprint density at radius 1 is 0.909 bits per heavy atom. The second-order valence-electron chi connectivity index (χ2n) is 4.94. The minimum Gasteiger partial charge on any atom is -1.00 e. The molecule has 112 valence electrons. The normalized spacial score (nSPS) is 10.0. The van der Waals surface area contributed by atoms with Crippen LogP contribution in [0.25, 0.3) is 0 Å². The number of ketones is 1. The van der Waals surface area contributed by atoms with Crippen LogP contribution in [-0.4, -0.2) is 5.78 Å². The number of carbonyl (C=O) groups excluding carboxylic acids is 1. The Bertz CT molecular complexity index is 709. The standard InChI is InChI=1S/C18H16NOS.BrH/c20-17(18-7-4-12-21-18)14-19-10-8-16(9-11-19)13-15-5-2-1-3-6-15;/h1-12H,13-14H2;1H/q+1;/p-1. The molecule has 0 spiro atoms. The van der Waals surface area contributed by atoms with E-state index in [0.717, 1.165) is 11.3 Å². The molecular formula is C18H16BrNOS. The maximum atomic E-state index is 12.0. The van der Waals surface area contributed by atoms with Gasteiger partial charge in [0.2, 0.25) is 12.3 Å². The minimum atomic E-state index is 0. The summed E-state index contributed by atoms with van der Waals surface area (Å²) in [4.78, 5) is 12.9. The van der Waals surface area contributed by atoms with E-state index in [2.05, 4.69) is 36.4 Å². The van der Waals surface area contributed by atoms with Crippen LogP contribution >= 0.6 is 11.3 Å². The summed E-state index contributed by atoms with van der Waals surface area (Å²) >= 11 is 1.49. The van der Waals surface area contributed by atoms with Crippen LogP contribution in [0.1, 0.15) is 20.8 Å². The lowest BCUT2D eigenvalue weighted by Gasteiger charge is -2.01. The molecule has 3 aromatic rings. The Morgan fingerprint density at radius 2 is 1.59 bits per heavy atom. The molecule has 0 N–H and O–H groups in total. The highest BCUT2D eigenvalue weighted by Gasteiger charge is 2.12. The van der Waals surface area contributed by atoms with Gasteiger partial charge in [-0.2, -0.15) is 4.57 Å². The van der Waals surface area contributed by atoms with Gasteiger partial charge in [0, 0.05) is 12.1 Å². The van der Waals surface area contributed by atoms with Gasteiger partial charge in [-0.05, 0) is 29.0 Å². The average Bonchev–Trinajstić information content (AvgIpc) is 3.05. The zero-order valence-electron chi connectivity index (χ0n) is 12.0. The maximum Gasteiger partial charge on any atom is 0.237 e. The Labute approximate surface area is 144 Å². The number of halogens is 1. The summed E-state index contributed by atoms with van der Waals surface area (Å²) in [6.45, 7) is 0.395. The minimum absolute atomic E-state index is 0. The first-order valence-corrected chi connectivity index (χ1v) is 7.78. The van der Waals surface area contributed by atoms with Crippen LogP contribution in [-0.2, 0) is 13.0 Å². The fourth-order valence-corrected chi connectivity index (χ4v) is 2.88. The van der Waals surface area contributed by atoms with Gasteiger partial charge in [-0.1, -0.05) is 36.4 Å². The van der Waals surface area contributed by atoms with Gasteiger partial charge in [-0.15, -0.1) is 11.3 Å². The molecule has 2 aromatic heterocycles. The molecule has 0 aliphatic carbocycles. The molecule has 0 fully saturated rings. The first-order valence-electron chi connectivity index (χ1n) is 6.90. The van der Waals surface area contributed by atoms with E-state index in [-0.39, 0.29) is 22.8 Å². The summed E-state index contributed by atoms with van der Waals surface area (Å²) < 4.78 is 1.93. The predicted molar refractivity (Wildman–Crippen MR) is 84.5 cm³/mol. The maximum absolute atomic E-state index is 12.0.